The van der Waals surface area contributed by atoms with E-state index in [2.05, 4.69) is 27.9 Å². The van der Waals surface area contributed by atoms with Gasteiger partial charge in [0.15, 0.2) is 0 Å². The van der Waals surface area contributed by atoms with Crippen molar-refractivity contribution in [3.63, 3.8) is 0 Å². The molecule has 1 aliphatic rings. The third kappa shape index (κ3) is 3.55. The molecular weight excluding hydrogens is 206 g/mol. The minimum atomic E-state index is 0.916. The van der Waals surface area contributed by atoms with Crippen molar-refractivity contribution in [1.82, 2.24) is 15.6 Å². The molecule has 1 aromatic heterocycles. The largest absolute Gasteiger partial charge is 0.316 e. The van der Waals surface area contributed by atoms with E-state index >= 15 is 0 Å². The minimum Gasteiger partial charge on any atom is -0.316 e. The van der Waals surface area contributed by atoms with Gasteiger partial charge in [0.1, 0.15) is 0 Å². The summed E-state index contributed by atoms with van der Waals surface area (Å²) in [5.41, 5.74) is 1.23. The highest BCUT2D eigenvalue weighted by Gasteiger charge is 2.15. The molecule has 1 aromatic rings. The van der Waals surface area contributed by atoms with Crippen LogP contribution in [0.5, 0.6) is 0 Å². The fourth-order valence-corrected chi connectivity index (χ4v) is 2.37. The Hall–Kier alpha value is -0.450. The van der Waals surface area contributed by atoms with Crippen LogP contribution < -0.4 is 10.6 Å². The molecule has 2 N–H and O–H groups in total. The lowest BCUT2D eigenvalue weighted by molar-refractivity contribution is 0.323. The number of hydrogen-bond acceptors (Lipinski definition) is 4. The van der Waals surface area contributed by atoms with E-state index in [0.29, 0.717) is 0 Å². The van der Waals surface area contributed by atoms with Crippen molar-refractivity contribution in [1.29, 1.82) is 0 Å². The maximum atomic E-state index is 4.44. The smallest absolute Gasteiger partial charge is 0.0897 e. The fourth-order valence-electron chi connectivity index (χ4n) is 1.72. The predicted octanol–water partition coefficient (Wildman–Crippen LogP) is 1.19. The van der Waals surface area contributed by atoms with Gasteiger partial charge in [-0.3, -0.25) is 0 Å². The van der Waals surface area contributed by atoms with E-state index in [0.717, 1.165) is 25.4 Å². The number of nitrogens with zero attached hydrogens (tertiary/aromatic N) is 1. The quantitative estimate of drug-likeness (QED) is 0.714. The van der Waals surface area contributed by atoms with E-state index in [1.54, 1.807) is 11.3 Å². The second-order valence-corrected chi connectivity index (χ2v) is 5.23. The molecule has 0 radical (unpaired) electrons. The van der Waals surface area contributed by atoms with Gasteiger partial charge < -0.3 is 10.6 Å². The third-order valence-electron chi connectivity index (χ3n) is 2.82. The van der Waals surface area contributed by atoms with Crippen LogP contribution in [0.25, 0.3) is 0 Å². The van der Waals surface area contributed by atoms with E-state index in [1.165, 1.54) is 30.2 Å². The van der Waals surface area contributed by atoms with Crippen LogP contribution in [0.3, 0.4) is 0 Å². The van der Waals surface area contributed by atoms with Crippen LogP contribution in [0.1, 0.15) is 17.1 Å². The monoisotopic (exact) mass is 225 g/mol. The van der Waals surface area contributed by atoms with E-state index in [9.17, 15) is 0 Å². The Kier molecular flexibility index (Phi) is 4.11. The molecule has 1 aliphatic heterocycles. The average molecular weight is 225 g/mol. The summed E-state index contributed by atoms with van der Waals surface area (Å²) in [5, 5.41) is 10.1. The highest BCUT2D eigenvalue weighted by molar-refractivity contribution is 7.09. The second-order valence-electron chi connectivity index (χ2n) is 4.17. The first-order valence-corrected chi connectivity index (χ1v) is 6.55. The average Bonchev–Trinajstić information content (AvgIpc) is 2.54. The van der Waals surface area contributed by atoms with Crippen LogP contribution >= 0.6 is 11.3 Å². The van der Waals surface area contributed by atoms with Crippen molar-refractivity contribution in [2.24, 2.45) is 5.92 Å². The van der Waals surface area contributed by atoms with Crippen LogP contribution in [0.4, 0.5) is 0 Å². The summed E-state index contributed by atoms with van der Waals surface area (Å²) in [7, 11) is 0. The summed E-state index contributed by atoms with van der Waals surface area (Å²) in [6.45, 7) is 6.70. The van der Waals surface area contributed by atoms with Crippen LogP contribution in [-0.2, 0) is 6.42 Å². The zero-order chi connectivity index (χ0) is 10.5. The van der Waals surface area contributed by atoms with Gasteiger partial charge in [0.2, 0.25) is 0 Å². The lowest BCUT2D eigenvalue weighted by atomic mass is 10.00. The van der Waals surface area contributed by atoms with Crippen molar-refractivity contribution < 1.29 is 0 Å². The van der Waals surface area contributed by atoms with E-state index in [-0.39, 0.29) is 0 Å². The molecule has 0 amide bonds. The van der Waals surface area contributed by atoms with Crippen molar-refractivity contribution >= 4 is 11.3 Å². The minimum absolute atomic E-state index is 0.916. The van der Waals surface area contributed by atoms with Crippen molar-refractivity contribution in [3.05, 3.63) is 16.1 Å². The van der Waals surface area contributed by atoms with Crippen molar-refractivity contribution in [2.75, 3.05) is 26.2 Å². The Morgan fingerprint density at radius 3 is 3.00 bits per heavy atom. The molecule has 0 aliphatic carbocycles. The first kappa shape index (κ1) is 11.0. The molecule has 4 heteroatoms. The van der Waals surface area contributed by atoms with Gasteiger partial charge in [0, 0.05) is 18.3 Å². The Bertz CT molecular complexity index is 294. The van der Waals surface area contributed by atoms with Gasteiger partial charge in [-0.2, -0.15) is 0 Å². The van der Waals surface area contributed by atoms with Crippen LogP contribution in [0.2, 0.25) is 0 Å². The van der Waals surface area contributed by atoms with Gasteiger partial charge >= 0.3 is 0 Å². The highest BCUT2D eigenvalue weighted by atomic mass is 32.1. The molecule has 2 heterocycles. The zero-order valence-corrected chi connectivity index (χ0v) is 10.1. The first-order valence-electron chi connectivity index (χ1n) is 5.67. The van der Waals surface area contributed by atoms with Crippen LogP contribution in [0, 0.1) is 12.8 Å². The van der Waals surface area contributed by atoms with Gasteiger partial charge in [-0.15, -0.1) is 11.3 Å². The van der Waals surface area contributed by atoms with Crippen LogP contribution in [0.15, 0.2) is 5.38 Å². The summed E-state index contributed by atoms with van der Waals surface area (Å²) < 4.78 is 0. The molecule has 0 unspecified atom stereocenters. The van der Waals surface area contributed by atoms with Gasteiger partial charge in [-0.1, -0.05) is 0 Å². The molecule has 0 aromatic carbocycles. The van der Waals surface area contributed by atoms with E-state index in [1.807, 2.05) is 0 Å². The first-order chi connectivity index (χ1) is 7.34. The normalized spacial score (nSPS) is 16.6. The standard InChI is InChI=1S/C11H19N3S/c1-9-14-11(8-15-9)3-5-12-4-2-10-6-13-7-10/h8,10,12-13H,2-7H2,1H3. The Balaban J connectivity index is 1.51. The van der Waals surface area contributed by atoms with Gasteiger partial charge in [0.05, 0.1) is 10.7 Å². The Labute approximate surface area is 95.3 Å². The van der Waals surface area contributed by atoms with E-state index in [4.69, 9.17) is 0 Å². The number of aryl methyl sites for hydroxylation is 1. The Morgan fingerprint density at radius 2 is 2.40 bits per heavy atom. The SMILES string of the molecule is Cc1nc(CCNCCC2CNC2)cs1. The summed E-state index contributed by atoms with van der Waals surface area (Å²) >= 11 is 1.74. The molecule has 1 saturated heterocycles. The van der Waals surface area contributed by atoms with Crippen molar-refractivity contribution in [3.8, 4) is 0 Å². The lowest BCUT2D eigenvalue weighted by Crippen LogP contribution is -2.43. The predicted molar refractivity (Wildman–Crippen MR) is 64.4 cm³/mol. The number of hydrogen-bond donors (Lipinski definition) is 2. The Morgan fingerprint density at radius 1 is 1.53 bits per heavy atom. The van der Waals surface area contributed by atoms with E-state index < -0.39 is 0 Å². The maximum absolute atomic E-state index is 4.44. The highest BCUT2D eigenvalue weighted by Crippen LogP contribution is 2.08. The molecule has 0 atom stereocenters. The summed E-state index contributed by atoms with van der Waals surface area (Å²) in [6.07, 6.45) is 2.37. The second kappa shape index (κ2) is 5.58. The zero-order valence-electron chi connectivity index (χ0n) is 9.25. The molecular formula is C11H19N3S. The fraction of sp³-hybridized carbons (Fsp3) is 0.727. The topological polar surface area (TPSA) is 37.0 Å². The van der Waals surface area contributed by atoms with Gasteiger partial charge in [-0.05, 0) is 38.9 Å². The molecule has 15 heavy (non-hydrogen) atoms. The molecule has 0 saturated carbocycles. The summed E-state index contributed by atoms with van der Waals surface area (Å²) in [4.78, 5) is 4.44. The molecule has 0 bridgehead atoms. The van der Waals surface area contributed by atoms with Crippen molar-refractivity contribution in [2.45, 2.75) is 19.8 Å². The molecule has 1 fully saturated rings. The molecule has 0 spiro atoms. The van der Waals surface area contributed by atoms with Gasteiger partial charge in [-0.25, -0.2) is 4.98 Å². The van der Waals surface area contributed by atoms with Gasteiger partial charge in [0.25, 0.3) is 0 Å². The number of rotatable bonds is 6. The number of aromatic nitrogens is 1. The third-order valence-corrected chi connectivity index (χ3v) is 3.64. The van der Waals surface area contributed by atoms with Crippen LogP contribution in [-0.4, -0.2) is 31.2 Å². The summed E-state index contributed by atoms with van der Waals surface area (Å²) in [6, 6.07) is 0. The molecule has 84 valence electrons. The maximum Gasteiger partial charge on any atom is 0.0897 e. The lowest BCUT2D eigenvalue weighted by Gasteiger charge is -2.26. The summed E-state index contributed by atoms with van der Waals surface area (Å²) in [5.74, 6) is 0.916. The molecule has 2 rings (SSSR count). The molecule has 3 nitrogen and oxygen atoms in total. The number of nitrogens with one attached hydrogen (secondary N) is 2. The number of thiazole rings is 1.